The van der Waals surface area contributed by atoms with E-state index in [2.05, 4.69) is 16.9 Å². The van der Waals surface area contributed by atoms with Gasteiger partial charge >= 0.3 is 5.97 Å². The Morgan fingerprint density at radius 1 is 1.11 bits per heavy atom. The third-order valence-electron chi connectivity index (χ3n) is 6.04. The van der Waals surface area contributed by atoms with E-state index in [1.54, 1.807) is 0 Å². The molecule has 0 radical (unpaired) electrons. The van der Waals surface area contributed by atoms with Crippen LogP contribution in [0.3, 0.4) is 0 Å². The van der Waals surface area contributed by atoms with Gasteiger partial charge in [0.15, 0.2) is 0 Å². The van der Waals surface area contributed by atoms with Gasteiger partial charge in [0.2, 0.25) is 11.8 Å². The zero-order valence-corrected chi connectivity index (χ0v) is 16.7. The van der Waals surface area contributed by atoms with Gasteiger partial charge in [-0.1, -0.05) is 30.3 Å². The summed E-state index contributed by atoms with van der Waals surface area (Å²) in [5.41, 5.74) is 0.830. The molecule has 2 aliphatic heterocycles. The molecule has 0 aliphatic carbocycles. The van der Waals surface area contributed by atoms with Crippen molar-refractivity contribution >= 4 is 17.8 Å². The maximum absolute atomic E-state index is 13.2. The van der Waals surface area contributed by atoms with Crippen LogP contribution >= 0.6 is 0 Å². The molecule has 1 aromatic rings. The molecule has 0 unspecified atom stereocenters. The summed E-state index contributed by atoms with van der Waals surface area (Å²) in [6, 6.07) is 10.2. The molecule has 1 aromatic carbocycles. The van der Waals surface area contributed by atoms with Crippen molar-refractivity contribution < 1.29 is 19.1 Å². The van der Waals surface area contributed by atoms with Crippen molar-refractivity contribution in [2.75, 3.05) is 33.3 Å². The monoisotopic (exact) mass is 386 g/mol. The maximum Gasteiger partial charge on any atom is 0.305 e. The van der Waals surface area contributed by atoms with Gasteiger partial charge in [-0.25, -0.2) is 0 Å². The van der Waals surface area contributed by atoms with Crippen LogP contribution in [0, 0.1) is 5.41 Å². The highest BCUT2D eigenvalue weighted by Gasteiger charge is 2.49. The Balaban J connectivity index is 1.53. The first kappa shape index (κ1) is 20.4. The number of ether oxygens (including phenoxy) is 1. The first-order valence-electron chi connectivity index (χ1n) is 10.2. The van der Waals surface area contributed by atoms with E-state index in [1.165, 1.54) is 12.7 Å². The zero-order chi connectivity index (χ0) is 20.0. The summed E-state index contributed by atoms with van der Waals surface area (Å²) in [6.45, 7) is 2.69. The second-order valence-corrected chi connectivity index (χ2v) is 7.91. The van der Waals surface area contributed by atoms with E-state index in [9.17, 15) is 14.4 Å². The van der Waals surface area contributed by atoms with Crippen LogP contribution < -0.4 is 0 Å². The Morgan fingerprint density at radius 2 is 1.89 bits per heavy atom. The number of benzene rings is 1. The number of hydrogen-bond acceptors (Lipinski definition) is 4. The predicted molar refractivity (Wildman–Crippen MR) is 105 cm³/mol. The molecule has 2 fully saturated rings. The van der Waals surface area contributed by atoms with E-state index in [-0.39, 0.29) is 24.2 Å². The summed E-state index contributed by atoms with van der Waals surface area (Å²) in [4.78, 5) is 40.7. The minimum absolute atomic E-state index is 0.0370. The van der Waals surface area contributed by atoms with Crippen LogP contribution in [-0.2, 0) is 25.5 Å². The second-order valence-electron chi connectivity index (χ2n) is 7.91. The molecule has 152 valence electrons. The number of hydrogen-bond donors (Lipinski definition) is 0. The van der Waals surface area contributed by atoms with Gasteiger partial charge in [0.25, 0.3) is 0 Å². The molecule has 6 nitrogen and oxygen atoms in total. The summed E-state index contributed by atoms with van der Waals surface area (Å²) in [5, 5.41) is 0. The molecular weight excluding hydrogens is 356 g/mol. The van der Waals surface area contributed by atoms with Crippen LogP contribution in [0.4, 0.5) is 0 Å². The lowest BCUT2D eigenvalue weighted by molar-refractivity contribution is -0.146. The van der Waals surface area contributed by atoms with E-state index >= 15 is 0 Å². The second kappa shape index (κ2) is 9.22. The molecule has 1 atom stereocenters. The molecule has 2 aliphatic rings. The van der Waals surface area contributed by atoms with E-state index in [0.717, 1.165) is 38.8 Å². The number of carbonyl (C=O) groups is 3. The molecule has 0 bridgehead atoms. The van der Waals surface area contributed by atoms with Crippen molar-refractivity contribution in [3.05, 3.63) is 35.9 Å². The number of amides is 2. The Labute approximate surface area is 166 Å². The number of piperidine rings is 1. The maximum atomic E-state index is 13.2. The zero-order valence-electron chi connectivity index (χ0n) is 16.7. The molecule has 0 N–H and O–H groups in total. The number of methoxy groups -OCH3 is 1. The fraction of sp³-hybridized carbons (Fsp3) is 0.591. The Hall–Kier alpha value is -2.37. The van der Waals surface area contributed by atoms with Crippen molar-refractivity contribution in [3.8, 4) is 0 Å². The molecule has 1 spiro atoms. The Morgan fingerprint density at radius 3 is 2.64 bits per heavy atom. The summed E-state index contributed by atoms with van der Waals surface area (Å²) in [5.74, 6) is -0.0447. The SMILES string of the molecule is COC(=O)CCCC(=O)N1CC[C@@]2(CCCN(CCc3ccccc3)C2=O)C1. The lowest BCUT2D eigenvalue weighted by Gasteiger charge is -2.39. The van der Waals surface area contributed by atoms with E-state index in [1.807, 2.05) is 28.0 Å². The van der Waals surface area contributed by atoms with Gasteiger partial charge in [0.05, 0.1) is 12.5 Å². The highest BCUT2D eigenvalue weighted by atomic mass is 16.5. The normalized spacial score (nSPS) is 22.0. The van der Waals surface area contributed by atoms with Crippen LogP contribution in [0.2, 0.25) is 0 Å². The quantitative estimate of drug-likeness (QED) is 0.675. The predicted octanol–water partition coefficient (Wildman–Crippen LogP) is 2.41. The van der Waals surface area contributed by atoms with Crippen LogP contribution in [0.5, 0.6) is 0 Å². The Kier molecular flexibility index (Phi) is 6.70. The van der Waals surface area contributed by atoms with Crippen LogP contribution in [0.1, 0.15) is 44.1 Å². The smallest absolute Gasteiger partial charge is 0.305 e. The Bertz CT molecular complexity index is 706. The van der Waals surface area contributed by atoms with Gasteiger partial charge in [-0.2, -0.15) is 0 Å². The number of carbonyl (C=O) groups excluding carboxylic acids is 3. The minimum Gasteiger partial charge on any atom is -0.469 e. The molecule has 2 heterocycles. The van der Waals surface area contributed by atoms with Crippen molar-refractivity contribution in [1.82, 2.24) is 9.80 Å². The fourth-order valence-electron chi connectivity index (χ4n) is 4.38. The standard InChI is InChI=1S/C22H30N2O4/c1-28-20(26)10-5-9-19(25)24-16-13-22(17-24)12-6-14-23(21(22)27)15-11-18-7-3-2-4-8-18/h2-4,7-8H,5-6,9-17H2,1H3/t22-/m0/s1. The van der Waals surface area contributed by atoms with Crippen molar-refractivity contribution in [2.45, 2.75) is 44.9 Å². The molecule has 3 rings (SSSR count). The third-order valence-corrected chi connectivity index (χ3v) is 6.04. The third kappa shape index (κ3) is 4.72. The molecule has 0 saturated carbocycles. The number of likely N-dealkylation sites (tertiary alicyclic amines) is 2. The van der Waals surface area contributed by atoms with Crippen LogP contribution in [-0.4, -0.2) is 60.9 Å². The lowest BCUT2D eigenvalue weighted by Crippen LogP contribution is -2.50. The summed E-state index contributed by atoms with van der Waals surface area (Å²) in [6.07, 6.45) is 4.54. The highest BCUT2D eigenvalue weighted by Crippen LogP contribution is 2.40. The van der Waals surface area contributed by atoms with Gasteiger partial charge in [-0.15, -0.1) is 0 Å². The van der Waals surface area contributed by atoms with E-state index in [0.29, 0.717) is 25.9 Å². The summed E-state index contributed by atoms with van der Waals surface area (Å²) < 4.78 is 4.61. The first-order chi connectivity index (χ1) is 13.5. The average Bonchev–Trinajstić information content (AvgIpc) is 3.15. The number of nitrogens with zero attached hydrogens (tertiary/aromatic N) is 2. The first-order valence-corrected chi connectivity index (χ1v) is 10.2. The molecular formula is C22H30N2O4. The van der Waals surface area contributed by atoms with E-state index in [4.69, 9.17) is 0 Å². The lowest BCUT2D eigenvalue weighted by atomic mass is 9.78. The summed E-state index contributed by atoms with van der Waals surface area (Å²) >= 11 is 0. The summed E-state index contributed by atoms with van der Waals surface area (Å²) in [7, 11) is 1.35. The van der Waals surface area contributed by atoms with Crippen molar-refractivity contribution in [1.29, 1.82) is 0 Å². The van der Waals surface area contributed by atoms with Crippen molar-refractivity contribution in [2.24, 2.45) is 5.41 Å². The van der Waals surface area contributed by atoms with Gasteiger partial charge in [-0.05, 0) is 37.7 Å². The van der Waals surface area contributed by atoms with Crippen molar-refractivity contribution in [3.63, 3.8) is 0 Å². The van der Waals surface area contributed by atoms with Gasteiger partial charge < -0.3 is 14.5 Å². The molecule has 0 aromatic heterocycles. The molecule has 28 heavy (non-hydrogen) atoms. The topological polar surface area (TPSA) is 66.9 Å². The molecule has 2 amide bonds. The van der Waals surface area contributed by atoms with Gasteiger partial charge in [0, 0.05) is 39.0 Å². The minimum atomic E-state index is -0.410. The van der Waals surface area contributed by atoms with E-state index < -0.39 is 5.41 Å². The largest absolute Gasteiger partial charge is 0.469 e. The number of esters is 1. The van der Waals surface area contributed by atoms with Crippen LogP contribution in [0.25, 0.3) is 0 Å². The van der Waals surface area contributed by atoms with Crippen LogP contribution in [0.15, 0.2) is 30.3 Å². The number of rotatable bonds is 7. The highest BCUT2D eigenvalue weighted by molar-refractivity contribution is 5.86. The fourth-order valence-corrected chi connectivity index (χ4v) is 4.38. The average molecular weight is 386 g/mol. The van der Waals surface area contributed by atoms with Gasteiger partial charge in [0.1, 0.15) is 0 Å². The molecule has 6 heteroatoms. The molecule has 2 saturated heterocycles. The van der Waals surface area contributed by atoms with Gasteiger partial charge in [-0.3, -0.25) is 14.4 Å².